The monoisotopic (exact) mass is 514 g/mol. The molecule has 2 aliphatic heterocycles. The summed E-state index contributed by atoms with van der Waals surface area (Å²) in [5.41, 5.74) is 2.95. The molecule has 0 fully saturated rings. The van der Waals surface area contributed by atoms with E-state index >= 15 is 0 Å². The number of nitrogens with zero attached hydrogens (tertiary/aromatic N) is 1. The maximum atomic E-state index is 14.1. The predicted octanol–water partition coefficient (Wildman–Crippen LogP) is 5.71. The fourth-order valence-corrected chi connectivity index (χ4v) is 4.61. The fraction of sp³-hybridized carbons (Fsp3) is 0.0833. The molecule has 0 aliphatic carbocycles. The molecule has 0 aromatic heterocycles. The first-order valence-corrected chi connectivity index (χ1v) is 11.6. The van der Waals surface area contributed by atoms with Gasteiger partial charge in [-0.2, -0.15) is 0 Å². The van der Waals surface area contributed by atoms with E-state index in [9.17, 15) is 4.79 Å². The van der Waals surface area contributed by atoms with Gasteiger partial charge in [0.15, 0.2) is 5.11 Å². The number of carbonyl (C=O) groups excluding carboxylic acids is 1. The molecule has 33 heavy (non-hydrogen) atoms. The van der Waals surface area contributed by atoms with Gasteiger partial charge in [0, 0.05) is 20.8 Å². The van der Waals surface area contributed by atoms with Crippen LogP contribution in [-0.2, 0) is 4.79 Å². The zero-order valence-electron chi connectivity index (χ0n) is 17.0. The standard InChI is InChI=1S/C24H17Cl3N4OS/c25-15-5-1-13(2-6-15)20-19-21(30-24(33)28-20)29-22(14-3-7-16(26)8-4-14)31(23(19)32)18-11-9-17(27)10-12-18/h1-12,20,22,29H,(H2,28,30,33)/t20-,22+/m0/s1. The molecule has 3 aromatic rings. The molecule has 0 unspecified atom stereocenters. The van der Waals surface area contributed by atoms with Crippen LogP contribution >= 0.6 is 47.0 Å². The maximum Gasteiger partial charge on any atom is 0.262 e. The molecule has 3 N–H and O–H groups in total. The zero-order chi connectivity index (χ0) is 23.1. The van der Waals surface area contributed by atoms with E-state index in [1.54, 1.807) is 41.3 Å². The van der Waals surface area contributed by atoms with Crippen molar-refractivity contribution in [3.63, 3.8) is 0 Å². The van der Waals surface area contributed by atoms with Crippen molar-refractivity contribution in [2.45, 2.75) is 12.2 Å². The highest BCUT2D eigenvalue weighted by atomic mass is 35.5. The topological polar surface area (TPSA) is 56.4 Å². The molecule has 2 aliphatic rings. The molecule has 2 atom stereocenters. The Labute approximate surface area is 211 Å². The van der Waals surface area contributed by atoms with Gasteiger partial charge >= 0.3 is 0 Å². The molecule has 0 spiro atoms. The maximum absolute atomic E-state index is 14.1. The Morgan fingerprint density at radius 3 is 1.82 bits per heavy atom. The van der Waals surface area contributed by atoms with E-state index in [2.05, 4.69) is 16.0 Å². The largest absolute Gasteiger partial charge is 0.351 e. The Morgan fingerprint density at radius 2 is 1.24 bits per heavy atom. The van der Waals surface area contributed by atoms with Gasteiger partial charge in [0.2, 0.25) is 0 Å². The molecule has 5 rings (SSSR count). The predicted molar refractivity (Wildman–Crippen MR) is 136 cm³/mol. The van der Waals surface area contributed by atoms with E-state index in [0.29, 0.717) is 37.3 Å². The van der Waals surface area contributed by atoms with Crippen LogP contribution in [0.15, 0.2) is 84.2 Å². The van der Waals surface area contributed by atoms with Gasteiger partial charge < -0.3 is 16.0 Å². The van der Waals surface area contributed by atoms with Gasteiger partial charge in [-0.25, -0.2) is 0 Å². The molecule has 3 aromatic carbocycles. The van der Waals surface area contributed by atoms with Gasteiger partial charge in [0.05, 0.1) is 11.6 Å². The van der Waals surface area contributed by atoms with Crippen molar-refractivity contribution in [2.75, 3.05) is 4.90 Å². The number of thiocarbonyl (C=S) groups is 1. The molecule has 9 heteroatoms. The first-order chi connectivity index (χ1) is 15.9. The number of benzene rings is 3. The Hall–Kier alpha value is -2.77. The zero-order valence-corrected chi connectivity index (χ0v) is 20.1. The molecule has 2 heterocycles. The van der Waals surface area contributed by atoms with Crippen LogP contribution in [0, 0.1) is 0 Å². The third-order valence-electron chi connectivity index (χ3n) is 5.55. The van der Waals surface area contributed by atoms with Crippen LogP contribution in [0.2, 0.25) is 15.1 Å². The van der Waals surface area contributed by atoms with Crippen LogP contribution in [0.1, 0.15) is 23.3 Å². The number of nitrogens with one attached hydrogen (secondary N) is 3. The van der Waals surface area contributed by atoms with E-state index < -0.39 is 12.2 Å². The Bertz CT molecular complexity index is 1260. The molecular formula is C24H17Cl3N4OS. The van der Waals surface area contributed by atoms with E-state index in [1.807, 2.05) is 36.4 Å². The van der Waals surface area contributed by atoms with Crippen LogP contribution in [-0.4, -0.2) is 11.0 Å². The lowest BCUT2D eigenvalue weighted by atomic mass is 9.93. The molecule has 5 nitrogen and oxygen atoms in total. The average Bonchev–Trinajstić information content (AvgIpc) is 2.80. The number of rotatable bonds is 3. The summed E-state index contributed by atoms with van der Waals surface area (Å²) in [6.45, 7) is 0. The van der Waals surface area contributed by atoms with E-state index in [-0.39, 0.29) is 5.91 Å². The molecule has 0 saturated heterocycles. The number of hydrogen-bond acceptors (Lipinski definition) is 3. The van der Waals surface area contributed by atoms with Crippen molar-refractivity contribution in [3.8, 4) is 0 Å². The summed E-state index contributed by atoms with van der Waals surface area (Å²) < 4.78 is 0. The minimum absolute atomic E-state index is 0.173. The van der Waals surface area contributed by atoms with Crippen molar-refractivity contribution < 1.29 is 4.79 Å². The molecule has 0 radical (unpaired) electrons. The molecule has 0 bridgehead atoms. The summed E-state index contributed by atoms with van der Waals surface area (Å²) in [6.07, 6.45) is -0.492. The number of carbonyl (C=O) groups is 1. The summed E-state index contributed by atoms with van der Waals surface area (Å²) in [6, 6.07) is 21.4. The second kappa shape index (κ2) is 8.88. The van der Waals surface area contributed by atoms with Crippen LogP contribution in [0.25, 0.3) is 0 Å². The van der Waals surface area contributed by atoms with Gasteiger partial charge in [-0.1, -0.05) is 59.1 Å². The molecular weight excluding hydrogens is 499 g/mol. The number of anilines is 1. The van der Waals surface area contributed by atoms with E-state index in [4.69, 9.17) is 47.0 Å². The third-order valence-corrected chi connectivity index (χ3v) is 6.53. The Balaban J connectivity index is 1.65. The van der Waals surface area contributed by atoms with Gasteiger partial charge in [-0.3, -0.25) is 9.69 Å². The third kappa shape index (κ3) is 4.27. The van der Waals surface area contributed by atoms with Crippen molar-refractivity contribution in [2.24, 2.45) is 0 Å². The van der Waals surface area contributed by atoms with Gasteiger partial charge in [-0.15, -0.1) is 0 Å². The number of hydrogen-bond donors (Lipinski definition) is 3. The summed E-state index contributed by atoms with van der Waals surface area (Å²) in [4.78, 5) is 15.8. The van der Waals surface area contributed by atoms with Crippen LogP contribution in [0.4, 0.5) is 5.69 Å². The second-order valence-corrected chi connectivity index (χ2v) is 9.34. The quantitative estimate of drug-likeness (QED) is 0.390. The highest BCUT2D eigenvalue weighted by Gasteiger charge is 2.42. The lowest BCUT2D eigenvalue weighted by molar-refractivity contribution is -0.116. The lowest BCUT2D eigenvalue weighted by Crippen LogP contribution is -2.58. The number of amides is 1. The van der Waals surface area contributed by atoms with E-state index in [1.165, 1.54) is 0 Å². The number of halogens is 3. The highest BCUT2D eigenvalue weighted by molar-refractivity contribution is 7.80. The van der Waals surface area contributed by atoms with Crippen LogP contribution < -0.4 is 20.9 Å². The fourth-order valence-electron chi connectivity index (χ4n) is 4.01. The SMILES string of the molecule is O=C1C2=C(NC(=S)N[C@H]2c2ccc(Cl)cc2)N[C@@H](c2ccc(Cl)cc2)N1c1ccc(Cl)cc1. The Kier molecular flexibility index (Phi) is 5.93. The first-order valence-electron chi connectivity index (χ1n) is 10.1. The molecule has 1 amide bonds. The summed E-state index contributed by atoms with van der Waals surface area (Å²) >= 11 is 23.7. The van der Waals surface area contributed by atoms with Gasteiger partial charge in [0.25, 0.3) is 5.91 Å². The van der Waals surface area contributed by atoms with Crippen LogP contribution in [0.3, 0.4) is 0 Å². The minimum atomic E-state index is -0.492. The normalized spacial score (nSPS) is 20.0. The first kappa shape index (κ1) is 22.0. The highest BCUT2D eigenvalue weighted by Crippen LogP contribution is 2.38. The van der Waals surface area contributed by atoms with Gasteiger partial charge in [0.1, 0.15) is 12.0 Å². The minimum Gasteiger partial charge on any atom is -0.351 e. The van der Waals surface area contributed by atoms with Gasteiger partial charge in [-0.05, 0) is 71.9 Å². The summed E-state index contributed by atoms with van der Waals surface area (Å²) in [7, 11) is 0. The molecule has 0 saturated carbocycles. The van der Waals surface area contributed by atoms with Crippen molar-refractivity contribution in [1.29, 1.82) is 0 Å². The van der Waals surface area contributed by atoms with Crippen LogP contribution in [0.5, 0.6) is 0 Å². The summed E-state index contributed by atoms with van der Waals surface area (Å²) in [5.74, 6) is 0.391. The average molecular weight is 516 g/mol. The molecule has 166 valence electrons. The smallest absolute Gasteiger partial charge is 0.262 e. The van der Waals surface area contributed by atoms with Crippen molar-refractivity contribution in [1.82, 2.24) is 16.0 Å². The Morgan fingerprint density at radius 1 is 0.727 bits per heavy atom. The summed E-state index contributed by atoms with van der Waals surface area (Å²) in [5, 5.41) is 12.0. The lowest BCUT2D eigenvalue weighted by Gasteiger charge is -2.43. The van der Waals surface area contributed by atoms with Crippen molar-refractivity contribution in [3.05, 3.63) is 110 Å². The van der Waals surface area contributed by atoms with E-state index in [0.717, 1.165) is 11.1 Å². The second-order valence-electron chi connectivity index (χ2n) is 7.62. The van der Waals surface area contributed by atoms with Crippen molar-refractivity contribution >= 4 is 63.7 Å².